The molecule has 0 unspecified atom stereocenters. The van der Waals surface area contributed by atoms with Gasteiger partial charge in [-0.25, -0.2) is 0 Å². The Morgan fingerprint density at radius 2 is 1.73 bits per heavy atom. The molecule has 0 aliphatic heterocycles. The van der Waals surface area contributed by atoms with E-state index < -0.39 is 41.1 Å². The Balaban J connectivity index is 1.60. The second kappa shape index (κ2) is 8.07. The summed E-state index contributed by atoms with van der Waals surface area (Å²) in [6, 6.07) is 9.26. The molecule has 5 N–H and O–H groups in total. The average Bonchev–Trinajstić information content (AvgIpc) is 3.12. The number of non-ortho nitro benzene ring substituents is 1. The van der Waals surface area contributed by atoms with Gasteiger partial charge in [-0.05, 0) is 24.0 Å². The first-order valence-corrected chi connectivity index (χ1v) is 11.4. The van der Waals surface area contributed by atoms with Gasteiger partial charge in [0.25, 0.3) is 5.69 Å². The number of nitro groups is 1. The third-order valence-electron chi connectivity index (χ3n) is 5.85. The predicted octanol–water partition coefficient (Wildman–Crippen LogP) is 0.846. The number of aromatic amines is 2. The van der Waals surface area contributed by atoms with Crippen molar-refractivity contribution in [1.82, 2.24) is 15.3 Å². The Morgan fingerprint density at radius 1 is 1.12 bits per heavy atom. The van der Waals surface area contributed by atoms with Crippen LogP contribution in [0.4, 0.5) is 5.69 Å². The van der Waals surface area contributed by atoms with Gasteiger partial charge in [0.15, 0.2) is 0 Å². The summed E-state index contributed by atoms with van der Waals surface area (Å²) in [4.78, 5) is 71.3. The highest BCUT2D eigenvalue weighted by atomic mass is 31.2. The Labute approximate surface area is 185 Å². The van der Waals surface area contributed by atoms with E-state index in [1.54, 1.807) is 24.3 Å². The van der Waals surface area contributed by atoms with Gasteiger partial charge in [-0.15, -0.1) is 0 Å². The molecule has 0 bridgehead atoms. The maximum Gasteiger partial charge on any atom is 0.332 e. The van der Waals surface area contributed by atoms with E-state index >= 15 is 0 Å². The van der Waals surface area contributed by atoms with Crippen LogP contribution in [0.2, 0.25) is 0 Å². The highest BCUT2D eigenvalue weighted by Gasteiger charge is 2.51. The number of nitro benzene ring substituents is 1. The van der Waals surface area contributed by atoms with E-state index in [-0.39, 0.29) is 41.7 Å². The maximum absolute atomic E-state index is 12.7. The number of aromatic nitrogens is 2. The summed E-state index contributed by atoms with van der Waals surface area (Å²) < 4.78 is 12.4. The van der Waals surface area contributed by atoms with E-state index in [1.807, 2.05) is 0 Å². The molecule has 1 heterocycles. The number of H-pyrrole nitrogens is 2. The van der Waals surface area contributed by atoms with Crippen LogP contribution in [-0.4, -0.2) is 35.7 Å². The Kier molecular flexibility index (Phi) is 5.52. The SMILES string of the molecule is O=C(CC1(P(=O)(O)O)Cc2ccccc2C1)NCc1cc([N+](=O)[O-])cc2[nH]c(=O)c(=O)[nH]c12. The highest BCUT2D eigenvalue weighted by Crippen LogP contribution is 2.58. The second-order valence-electron chi connectivity index (χ2n) is 8.04. The number of nitrogens with zero attached hydrogens (tertiary/aromatic N) is 1. The molecular formula is C20H19N4O8P. The number of carbonyl (C=O) groups excluding carboxylic acids is 1. The molecule has 0 saturated carbocycles. The van der Waals surface area contributed by atoms with Crippen molar-refractivity contribution in [2.75, 3.05) is 0 Å². The van der Waals surface area contributed by atoms with Gasteiger partial charge < -0.3 is 25.1 Å². The van der Waals surface area contributed by atoms with Gasteiger partial charge in [0.05, 0.1) is 21.1 Å². The molecule has 0 saturated heterocycles. The van der Waals surface area contributed by atoms with Crippen molar-refractivity contribution in [3.63, 3.8) is 0 Å². The lowest BCUT2D eigenvalue weighted by molar-refractivity contribution is -0.384. The lowest BCUT2D eigenvalue weighted by Crippen LogP contribution is -2.37. The molecule has 172 valence electrons. The monoisotopic (exact) mass is 474 g/mol. The van der Waals surface area contributed by atoms with Crippen molar-refractivity contribution in [2.24, 2.45) is 0 Å². The second-order valence-corrected chi connectivity index (χ2v) is 10.1. The summed E-state index contributed by atoms with van der Waals surface area (Å²) in [6.45, 7) is -0.275. The third kappa shape index (κ3) is 4.23. The molecular weight excluding hydrogens is 455 g/mol. The summed E-state index contributed by atoms with van der Waals surface area (Å²) >= 11 is 0. The van der Waals surface area contributed by atoms with Crippen LogP contribution in [-0.2, 0) is 28.7 Å². The maximum atomic E-state index is 12.7. The third-order valence-corrected chi connectivity index (χ3v) is 7.56. The number of rotatable bonds is 6. The molecule has 0 radical (unpaired) electrons. The number of nitrogens with one attached hydrogen (secondary N) is 3. The molecule has 3 aromatic rings. The fourth-order valence-corrected chi connectivity index (χ4v) is 5.29. The number of hydrogen-bond acceptors (Lipinski definition) is 6. The van der Waals surface area contributed by atoms with Crippen molar-refractivity contribution in [2.45, 2.75) is 31.0 Å². The van der Waals surface area contributed by atoms with E-state index in [2.05, 4.69) is 15.3 Å². The highest BCUT2D eigenvalue weighted by molar-refractivity contribution is 7.53. The van der Waals surface area contributed by atoms with Crippen LogP contribution in [0.3, 0.4) is 0 Å². The Morgan fingerprint density at radius 3 is 2.30 bits per heavy atom. The van der Waals surface area contributed by atoms with Gasteiger partial charge in [-0.1, -0.05) is 24.3 Å². The van der Waals surface area contributed by atoms with Gasteiger partial charge in [-0.3, -0.25) is 29.1 Å². The molecule has 1 aromatic heterocycles. The summed E-state index contributed by atoms with van der Waals surface area (Å²) in [5.74, 6) is -0.669. The van der Waals surface area contributed by atoms with Crippen molar-refractivity contribution < 1.29 is 24.1 Å². The lowest BCUT2D eigenvalue weighted by Gasteiger charge is -2.29. The van der Waals surface area contributed by atoms with E-state index in [4.69, 9.17) is 0 Å². The topological polar surface area (TPSA) is 195 Å². The summed E-state index contributed by atoms with van der Waals surface area (Å²) in [5, 5.41) is 12.2. The van der Waals surface area contributed by atoms with Gasteiger partial charge in [0.1, 0.15) is 0 Å². The zero-order valence-electron chi connectivity index (χ0n) is 17.0. The molecule has 12 nitrogen and oxygen atoms in total. The van der Waals surface area contributed by atoms with Crippen LogP contribution in [0.15, 0.2) is 46.0 Å². The molecule has 1 aliphatic rings. The largest absolute Gasteiger partial charge is 0.352 e. The van der Waals surface area contributed by atoms with Crippen LogP contribution in [0.5, 0.6) is 0 Å². The quantitative estimate of drug-likeness (QED) is 0.150. The normalized spacial score (nSPS) is 14.7. The molecule has 1 amide bonds. The first-order valence-electron chi connectivity index (χ1n) is 9.82. The van der Waals surface area contributed by atoms with E-state index in [9.17, 15) is 38.8 Å². The number of benzene rings is 2. The first kappa shape index (κ1) is 22.6. The van der Waals surface area contributed by atoms with E-state index in [0.29, 0.717) is 0 Å². The predicted molar refractivity (Wildman–Crippen MR) is 117 cm³/mol. The number of carbonyl (C=O) groups is 1. The lowest BCUT2D eigenvalue weighted by atomic mass is 10.00. The molecule has 13 heteroatoms. The van der Waals surface area contributed by atoms with Gasteiger partial charge in [0, 0.05) is 30.7 Å². The summed E-state index contributed by atoms with van der Waals surface area (Å²) in [5.41, 5.74) is -0.525. The van der Waals surface area contributed by atoms with Crippen LogP contribution in [0.25, 0.3) is 11.0 Å². The molecule has 2 aromatic carbocycles. The number of fused-ring (bicyclic) bond motifs is 2. The summed E-state index contributed by atoms with van der Waals surface area (Å²) in [6.07, 6.45) is -0.392. The van der Waals surface area contributed by atoms with Crippen molar-refractivity contribution in [3.05, 3.63) is 83.9 Å². The number of hydrogen-bond donors (Lipinski definition) is 5. The number of amides is 1. The minimum absolute atomic E-state index is 0.0102. The van der Waals surface area contributed by atoms with Crippen molar-refractivity contribution in [3.8, 4) is 0 Å². The molecule has 33 heavy (non-hydrogen) atoms. The first-order chi connectivity index (χ1) is 15.5. The molecule has 4 rings (SSSR count). The molecule has 0 spiro atoms. The van der Waals surface area contributed by atoms with Crippen LogP contribution in [0.1, 0.15) is 23.1 Å². The smallest absolute Gasteiger partial charge is 0.332 e. The van der Waals surface area contributed by atoms with Crippen LogP contribution in [0, 0.1) is 10.1 Å². The van der Waals surface area contributed by atoms with Crippen LogP contribution < -0.4 is 16.4 Å². The van der Waals surface area contributed by atoms with Gasteiger partial charge in [-0.2, -0.15) is 0 Å². The van der Waals surface area contributed by atoms with Gasteiger partial charge >= 0.3 is 18.7 Å². The van der Waals surface area contributed by atoms with Crippen molar-refractivity contribution >= 4 is 30.2 Å². The Hall–Kier alpha value is -3.60. The van der Waals surface area contributed by atoms with Crippen LogP contribution >= 0.6 is 7.60 Å². The van der Waals surface area contributed by atoms with Gasteiger partial charge in [0.2, 0.25) is 5.91 Å². The fraction of sp³-hybridized carbons (Fsp3) is 0.250. The van der Waals surface area contributed by atoms with Crippen molar-refractivity contribution in [1.29, 1.82) is 0 Å². The molecule has 0 fully saturated rings. The fourth-order valence-electron chi connectivity index (χ4n) is 4.19. The minimum Gasteiger partial charge on any atom is -0.352 e. The minimum atomic E-state index is -4.69. The zero-order valence-corrected chi connectivity index (χ0v) is 17.9. The average molecular weight is 474 g/mol. The standard InChI is InChI=1S/C20H19N4O8P/c25-16(9-20(33(30,31)32)7-11-3-1-2-4-12(11)8-20)21-10-13-5-14(24(28)29)6-15-17(13)23-19(27)18(26)22-15/h1-6H,7-10H2,(H,21,25)(H,22,26)(H,23,27)(H2,30,31,32). The van der Waals surface area contributed by atoms with E-state index in [0.717, 1.165) is 23.3 Å². The zero-order chi connectivity index (χ0) is 24.0. The molecule has 0 atom stereocenters. The van der Waals surface area contributed by atoms with E-state index in [1.165, 1.54) is 0 Å². The Bertz CT molecular complexity index is 1430. The molecule has 1 aliphatic carbocycles. The summed E-state index contributed by atoms with van der Waals surface area (Å²) in [7, 11) is -4.69.